The van der Waals surface area contributed by atoms with Gasteiger partial charge in [-0.2, -0.15) is 10.1 Å². The minimum atomic E-state index is -0.405. The Bertz CT molecular complexity index is 1260. The molecule has 1 amide bonds. The Labute approximate surface area is 172 Å². The summed E-state index contributed by atoms with van der Waals surface area (Å²) in [5.41, 5.74) is 3.37. The third kappa shape index (κ3) is 4.17. The van der Waals surface area contributed by atoms with Crippen molar-refractivity contribution >= 4 is 11.6 Å². The average Bonchev–Trinajstić information content (AvgIpc) is 3.23. The number of hydrogen-bond donors (Lipinski definition) is 1. The second-order valence-corrected chi connectivity index (χ2v) is 6.87. The maximum absolute atomic E-state index is 12.5. The van der Waals surface area contributed by atoms with Gasteiger partial charge in [-0.15, -0.1) is 0 Å². The van der Waals surface area contributed by atoms with Gasteiger partial charge in [0, 0.05) is 17.3 Å². The molecule has 2 aromatic carbocycles. The summed E-state index contributed by atoms with van der Waals surface area (Å²) >= 11 is 0. The highest BCUT2D eigenvalue weighted by atomic mass is 16.5. The fraction of sp³-hybridized carbons (Fsp3) is 0.136. The van der Waals surface area contributed by atoms with Crippen molar-refractivity contribution in [1.82, 2.24) is 19.9 Å². The molecule has 2 heterocycles. The Kier molecular flexibility index (Phi) is 5.21. The fourth-order valence-electron chi connectivity index (χ4n) is 2.90. The van der Waals surface area contributed by atoms with E-state index < -0.39 is 5.56 Å². The smallest absolute Gasteiger partial charge is 0.278 e. The van der Waals surface area contributed by atoms with E-state index in [1.807, 2.05) is 62.4 Å². The summed E-state index contributed by atoms with van der Waals surface area (Å²) in [4.78, 5) is 29.0. The number of nitrogens with zero attached hydrogens (tertiary/aromatic N) is 4. The van der Waals surface area contributed by atoms with Gasteiger partial charge in [0.05, 0.1) is 0 Å². The Morgan fingerprint density at radius 2 is 1.87 bits per heavy atom. The summed E-state index contributed by atoms with van der Waals surface area (Å²) in [6.45, 7) is 3.61. The first-order chi connectivity index (χ1) is 14.5. The van der Waals surface area contributed by atoms with Crippen molar-refractivity contribution in [2.75, 3.05) is 5.32 Å². The Morgan fingerprint density at radius 3 is 2.67 bits per heavy atom. The first-order valence-electron chi connectivity index (χ1n) is 9.34. The first-order valence-corrected chi connectivity index (χ1v) is 9.34. The molecular weight excluding hydrogens is 382 g/mol. The molecule has 2 aromatic heterocycles. The summed E-state index contributed by atoms with van der Waals surface area (Å²) in [6, 6.07) is 17.9. The molecule has 0 bridgehead atoms. The summed E-state index contributed by atoms with van der Waals surface area (Å²) < 4.78 is 6.36. The number of carbonyl (C=O) groups is 1. The van der Waals surface area contributed by atoms with Crippen molar-refractivity contribution in [2.45, 2.75) is 20.4 Å². The van der Waals surface area contributed by atoms with Gasteiger partial charge in [0.1, 0.15) is 12.2 Å². The van der Waals surface area contributed by atoms with Crippen LogP contribution in [0.4, 0.5) is 5.69 Å². The van der Waals surface area contributed by atoms with E-state index in [4.69, 9.17) is 4.52 Å². The highest BCUT2D eigenvalue weighted by molar-refractivity contribution is 5.91. The van der Waals surface area contributed by atoms with Crippen LogP contribution in [0, 0.1) is 13.8 Å². The number of benzene rings is 2. The van der Waals surface area contributed by atoms with E-state index in [0.717, 1.165) is 21.4 Å². The van der Waals surface area contributed by atoms with Crippen molar-refractivity contribution < 1.29 is 9.32 Å². The van der Waals surface area contributed by atoms with Crippen LogP contribution in [-0.2, 0) is 11.3 Å². The molecule has 0 aliphatic carbocycles. The highest BCUT2D eigenvalue weighted by Crippen LogP contribution is 2.20. The number of anilines is 1. The quantitative estimate of drug-likeness (QED) is 0.551. The summed E-state index contributed by atoms with van der Waals surface area (Å²) in [5, 5.41) is 11.0. The monoisotopic (exact) mass is 401 g/mol. The zero-order valence-corrected chi connectivity index (χ0v) is 16.5. The molecule has 0 spiro atoms. The molecule has 0 aliphatic heterocycles. The van der Waals surface area contributed by atoms with Gasteiger partial charge >= 0.3 is 0 Å². The summed E-state index contributed by atoms with van der Waals surface area (Å²) in [5.74, 6) is 0.223. The lowest BCUT2D eigenvalue weighted by Crippen LogP contribution is -2.29. The number of carbonyl (C=O) groups excluding carboxylic acids is 1. The maximum Gasteiger partial charge on any atom is 0.278 e. The van der Waals surface area contributed by atoms with Crippen LogP contribution >= 0.6 is 0 Å². The Balaban J connectivity index is 1.55. The lowest BCUT2D eigenvalue weighted by atomic mass is 10.1. The van der Waals surface area contributed by atoms with E-state index in [1.165, 1.54) is 12.1 Å². The normalized spacial score (nSPS) is 10.7. The Hall–Kier alpha value is -4.07. The van der Waals surface area contributed by atoms with Gasteiger partial charge in [0.2, 0.25) is 11.7 Å². The second kappa shape index (κ2) is 8.12. The van der Waals surface area contributed by atoms with Crippen LogP contribution in [0.15, 0.2) is 70.0 Å². The van der Waals surface area contributed by atoms with Crippen molar-refractivity contribution in [3.05, 3.63) is 82.1 Å². The fourth-order valence-corrected chi connectivity index (χ4v) is 2.90. The number of aryl methyl sites for hydroxylation is 2. The number of rotatable bonds is 5. The summed E-state index contributed by atoms with van der Waals surface area (Å²) in [7, 11) is 0. The molecule has 30 heavy (non-hydrogen) atoms. The van der Waals surface area contributed by atoms with E-state index in [0.29, 0.717) is 17.2 Å². The standard InChI is InChI=1S/C22H19N5O3/c1-14-8-9-15(2)18(12-14)23-19(28)13-27-20(29)11-10-17(25-27)22-24-21(26-30-22)16-6-4-3-5-7-16/h3-12H,13H2,1-2H3,(H,23,28). The molecule has 0 radical (unpaired) electrons. The first kappa shape index (κ1) is 19.3. The van der Waals surface area contributed by atoms with E-state index in [1.54, 1.807) is 0 Å². The molecule has 4 rings (SSSR count). The van der Waals surface area contributed by atoms with Gasteiger partial charge in [-0.25, -0.2) is 4.68 Å². The van der Waals surface area contributed by atoms with Gasteiger partial charge in [0.15, 0.2) is 0 Å². The topological polar surface area (TPSA) is 103 Å². The van der Waals surface area contributed by atoms with E-state index in [9.17, 15) is 9.59 Å². The number of hydrogen-bond acceptors (Lipinski definition) is 6. The second-order valence-electron chi connectivity index (χ2n) is 6.87. The lowest BCUT2D eigenvalue weighted by Gasteiger charge is -2.10. The van der Waals surface area contributed by atoms with E-state index in [2.05, 4.69) is 20.6 Å². The molecule has 0 saturated heterocycles. The zero-order chi connectivity index (χ0) is 21.1. The molecule has 4 aromatic rings. The highest BCUT2D eigenvalue weighted by Gasteiger charge is 2.14. The number of nitrogens with one attached hydrogen (secondary N) is 1. The SMILES string of the molecule is Cc1ccc(C)c(NC(=O)Cn2nc(-c3nc(-c4ccccc4)no3)ccc2=O)c1. The van der Waals surface area contributed by atoms with Gasteiger partial charge in [0.25, 0.3) is 11.4 Å². The molecule has 0 unspecified atom stereocenters. The molecule has 0 fully saturated rings. The predicted octanol–water partition coefficient (Wildman–Crippen LogP) is 3.22. The van der Waals surface area contributed by atoms with Crippen LogP contribution in [-0.4, -0.2) is 25.8 Å². The minimum absolute atomic E-state index is 0.164. The van der Waals surface area contributed by atoms with Crippen LogP contribution in [0.1, 0.15) is 11.1 Å². The predicted molar refractivity (Wildman–Crippen MR) is 112 cm³/mol. The van der Waals surface area contributed by atoms with Gasteiger partial charge in [-0.1, -0.05) is 47.6 Å². The maximum atomic E-state index is 12.5. The molecule has 150 valence electrons. The molecular formula is C22H19N5O3. The Morgan fingerprint density at radius 1 is 1.07 bits per heavy atom. The van der Waals surface area contributed by atoms with E-state index >= 15 is 0 Å². The number of aromatic nitrogens is 4. The van der Waals surface area contributed by atoms with Gasteiger partial charge in [-0.3, -0.25) is 9.59 Å². The van der Waals surface area contributed by atoms with Crippen molar-refractivity contribution in [2.24, 2.45) is 0 Å². The summed E-state index contributed by atoms with van der Waals surface area (Å²) in [6.07, 6.45) is 0. The molecule has 8 nitrogen and oxygen atoms in total. The average molecular weight is 401 g/mol. The minimum Gasteiger partial charge on any atom is -0.332 e. The molecule has 0 saturated carbocycles. The third-order valence-electron chi connectivity index (χ3n) is 4.50. The van der Waals surface area contributed by atoms with Crippen molar-refractivity contribution in [3.63, 3.8) is 0 Å². The molecule has 1 N–H and O–H groups in total. The molecule has 8 heteroatoms. The molecule has 0 aliphatic rings. The van der Waals surface area contributed by atoms with Crippen LogP contribution < -0.4 is 10.9 Å². The molecule has 0 atom stereocenters. The number of amides is 1. The lowest BCUT2D eigenvalue weighted by molar-refractivity contribution is -0.117. The van der Waals surface area contributed by atoms with Crippen molar-refractivity contribution in [3.8, 4) is 23.0 Å². The zero-order valence-electron chi connectivity index (χ0n) is 16.5. The third-order valence-corrected chi connectivity index (χ3v) is 4.50. The van der Waals surface area contributed by atoms with Crippen LogP contribution in [0.3, 0.4) is 0 Å². The van der Waals surface area contributed by atoms with Crippen LogP contribution in [0.25, 0.3) is 23.0 Å². The van der Waals surface area contributed by atoms with Crippen LogP contribution in [0.2, 0.25) is 0 Å². The van der Waals surface area contributed by atoms with E-state index in [-0.39, 0.29) is 18.3 Å². The van der Waals surface area contributed by atoms with Crippen molar-refractivity contribution in [1.29, 1.82) is 0 Å². The van der Waals surface area contributed by atoms with Gasteiger partial charge < -0.3 is 9.84 Å². The van der Waals surface area contributed by atoms with Crippen LogP contribution in [0.5, 0.6) is 0 Å². The largest absolute Gasteiger partial charge is 0.332 e. The van der Waals surface area contributed by atoms with Gasteiger partial charge in [-0.05, 0) is 37.1 Å².